The molecule has 2 rings (SSSR count). The van der Waals surface area contributed by atoms with Crippen molar-refractivity contribution in [2.24, 2.45) is 0 Å². The Labute approximate surface area is 96.8 Å². The molecule has 1 aromatic carbocycles. The minimum absolute atomic E-state index is 0.151. The van der Waals surface area contributed by atoms with Crippen LogP contribution in [0, 0.1) is 0 Å². The summed E-state index contributed by atoms with van der Waals surface area (Å²) in [7, 11) is -2.99. The lowest BCUT2D eigenvalue weighted by Gasteiger charge is -2.08. The fourth-order valence-corrected chi connectivity index (χ4v) is 2.81. The highest BCUT2D eigenvalue weighted by Gasteiger charge is 2.18. The lowest BCUT2D eigenvalue weighted by molar-refractivity contribution is 0.586. The minimum Gasteiger partial charge on any atom is -0.309 e. The van der Waals surface area contributed by atoms with Gasteiger partial charge in [-0.15, -0.1) is 0 Å². The maximum atomic E-state index is 11.8. The molecule has 4 heteroatoms. The van der Waals surface area contributed by atoms with Crippen LogP contribution in [-0.4, -0.2) is 13.7 Å². The SMILES string of the molecule is CC(C)S(=O)(=O)Cc1ccc2c(c1)CNC2. The Morgan fingerprint density at radius 3 is 2.62 bits per heavy atom. The summed E-state index contributed by atoms with van der Waals surface area (Å²) in [5, 5.41) is 2.94. The number of hydrogen-bond acceptors (Lipinski definition) is 3. The van der Waals surface area contributed by atoms with E-state index >= 15 is 0 Å². The van der Waals surface area contributed by atoms with Crippen LogP contribution in [0.1, 0.15) is 30.5 Å². The topological polar surface area (TPSA) is 46.2 Å². The average Bonchev–Trinajstić information content (AvgIpc) is 2.63. The molecule has 0 radical (unpaired) electrons. The molecule has 0 saturated carbocycles. The molecule has 0 amide bonds. The van der Waals surface area contributed by atoms with Crippen LogP contribution in [-0.2, 0) is 28.7 Å². The zero-order valence-corrected chi connectivity index (χ0v) is 10.5. The number of benzene rings is 1. The predicted octanol–water partition coefficient (Wildman–Crippen LogP) is 1.61. The Morgan fingerprint density at radius 2 is 1.94 bits per heavy atom. The van der Waals surface area contributed by atoms with Gasteiger partial charge in [0.05, 0.1) is 11.0 Å². The maximum absolute atomic E-state index is 11.8. The third-order valence-corrected chi connectivity index (χ3v) is 5.16. The van der Waals surface area contributed by atoms with Crippen molar-refractivity contribution >= 4 is 9.84 Å². The minimum atomic E-state index is -2.99. The third kappa shape index (κ3) is 2.28. The zero-order chi connectivity index (χ0) is 11.8. The summed E-state index contributed by atoms with van der Waals surface area (Å²) in [5.74, 6) is 0.151. The molecule has 0 aromatic heterocycles. The molecule has 1 aliphatic rings. The van der Waals surface area contributed by atoms with Gasteiger partial charge in [-0.25, -0.2) is 8.42 Å². The van der Waals surface area contributed by atoms with Crippen LogP contribution in [0.25, 0.3) is 0 Å². The van der Waals surface area contributed by atoms with Crippen LogP contribution in [0.4, 0.5) is 0 Å². The van der Waals surface area contributed by atoms with Gasteiger partial charge in [-0.1, -0.05) is 18.2 Å². The predicted molar refractivity (Wildman–Crippen MR) is 64.7 cm³/mol. The van der Waals surface area contributed by atoms with E-state index < -0.39 is 9.84 Å². The van der Waals surface area contributed by atoms with Crippen molar-refractivity contribution in [3.8, 4) is 0 Å². The Balaban J connectivity index is 2.24. The van der Waals surface area contributed by atoms with E-state index in [1.54, 1.807) is 13.8 Å². The monoisotopic (exact) mass is 239 g/mol. The number of sulfone groups is 1. The van der Waals surface area contributed by atoms with Crippen molar-refractivity contribution < 1.29 is 8.42 Å². The second-order valence-corrected chi connectivity index (χ2v) is 7.12. The first kappa shape index (κ1) is 11.6. The van der Waals surface area contributed by atoms with E-state index in [0.29, 0.717) is 0 Å². The van der Waals surface area contributed by atoms with Gasteiger partial charge in [0.25, 0.3) is 0 Å². The fraction of sp³-hybridized carbons (Fsp3) is 0.500. The smallest absolute Gasteiger partial charge is 0.156 e. The van der Waals surface area contributed by atoms with E-state index in [2.05, 4.69) is 5.32 Å². The van der Waals surface area contributed by atoms with E-state index in [9.17, 15) is 8.42 Å². The third-order valence-electron chi connectivity index (χ3n) is 2.99. The first-order valence-corrected chi connectivity index (χ1v) is 7.23. The van der Waals surface area contributed by atoms with Crippen LogP contribution >= 0.6 is 0 Å². The molecule has 1 N–H and O–H groups in total. The van der Waals surface area contributed by atoms with Gasteiger partial charge in [0.1, 0.15) is 0 Å². The summed E-state index contributed by atoms with van der Waals surface area (Å²) in [5.41, 5.74) is 3.42. The van der Waals surface area contributed by atoms with Gasteiger partial charge in [0.2, 0.25) is 0 Å². The molecule has 0 unspecified atom stereocenters. The van der Waals surface area contributed by atoms with Crippen molar-refractivity contribution in [2.75, 3.05) is 0 Å². The van der Waals surface area contributed by atoms with Crippen molar-refractivity contribution in [1.82, 2.24) is 5.32 Å². The second-order valence-electron chi connectivity index (χ2n) is 4.56. The van der Waals surface area contributed by atoms with Gasteiger partial charge in [0.15, 0.2) is 9.84 Å². The van der Waals surface area contributed by atoms with Crippen molar-refractivity contribution in [3.63, 3.8) is 0 Å². The number of nitrogens with one attached hydrogen (secondary N) is 1. The van der Waals surface area contributed by atoms with E-state index in [-0.39, 0.29) is 11.0 Å². The van der Waals surface area contributed by atoms with Gasteiger partial charge >= 0.3 is 0 Å². The number of fused-ring (bicyclic) bond motifs is 1. The first-order chi connectivity index (χ1) is 7.49. The van der Waals surface area contributed by atoms with E-state index in [1.807, 2.05) is 18.2 Å². The Bertz CT molecular complexity index is 492. The zero-order valence-electron chi connectivity index (χ0n) is 9.66. The quantitative estimate of drug-likeness (QED) is 0.871. The van der Waals surface area contributed by atoms with Crippen molar-refractivity contribution in [1.29, 1.82) is 0 Å². The molecular weight excluding hydrogens is 222 g/mol. The fourth-order valence-electron chi connectivity index (χ4n) is 1.84. The second kappa shape index (κ2) is 4.18. The number of hydrogen-bond donors (Lipinski definition) is 1. The largest absolute Gasteiger partial charge is 0.309 e. The summed E-state index contributed by atoms with van der Waals surface area (Å²) < 4.78 is 23.6. The molecule has 88 valence electrons. The molecule has 1 aliphatic heterocycles. The molecule has 0 saturated heterocycles. The van der Waals surface area contributed by atoms with Crippen molar-refractivity contribution in [2.45, 2.75) is 37.9 Å². The van der Waals surface area contributed by atoms with E-state index in [1.165, 1.54) is 11.1 Å². The van der Waals surface area contributed by atoms with Crippen LogP contribution in [0.2, 0.25) is 0 Å². The highest BCUT2D eigenvalue weighted by Crippen LogP contribution is 2.19. The molecule has 3 nitrogen and oxygen atoms in total. The molecule has 0 bridgehead atoms. The Hall–Kier alpha value is -0.870. The molecule has 0 fully saturated rings. The van der Waals surface area contributed by atoms with Crippen LogP contribution in [0.15, 0.2) is 18.2 Å². The lowest BCUT2D eigenvalue weighted by atomic mass is 10.1. The standard InChI is InChI=1S/C12H17NO2S/c1-9(2)16(14,15)8-10-3-4-11-6-13-7-12(11)5-10/h3-5,9,13H,6-8H2,1-2H3. The average molecular weight is 239 g/mol. The molecule has 0 atom stereocenters. The van der Waals surface area contributed by atoms with Gasteiger partial charge in [-0.3, -0.25) is 0 Å². The van der Waals surface area contributed by atoms with E-state index in [0.717, 1.165) is 18.7 Å². The van der Waals surface area contributed by atoms with Gasteiger partial charge in [-0.2, -0.15) is 0 Å². The number of rotatable bonds is 3. The maximum Gasteiger partial charge on any atom is 0.156 e. The molecule has 0 aliphatic carbocycles. The van der Waals surface area contributed by atoms with Crippen LogP contribution in [0.3, 0.4) is 0 Å². The highest BCUT2D eigenvalue weighted by atomic mass is 32.2. The Morgan fingerprint density at radius 1 is 1.25 bits per heavy atom. The normalized spacial score (nSPS) is 15.4. The lowest BCUT2D eigenvalue weighted by Crippen LogP contribution is -2.16. The van der Waals surface area contributed by atoms with Gasteiger partial charge in [0, 0.05) is 13.1 Å². The van der Waals surface area contributed by atoms with Gasteiger partial charge in [-0.05, 0) is 30.5 Å². The van der Waals surface area contributed by atoms with Crippen LogP contribution in [0.5, 0.6) is 0 Å². The molecule has 0 spiro atoms. The van der Waals surface area contributed by atoms with Crippen LogP contribution < -0.4 is 5.32 Å². The summed E-state index contributed by atoms with van der Waals surface area (Å²) in [6.45, 7) is 5.20. The summed E-state index contributed by atoms with van der Waals surface area (Å²) in [4.78, 5) is 0. The summed E-state index contributed by atoms with van der Waals surface area (Å²) >= 11 is 0. The molecule has 1 aromatic rings. The van der Waals surface area contributed by atoms with Crippen molar-refractivity contribution in [3.05, 3.63) is 34.9 Å². The summed E-state index contributed by atoms with van der Waals surface area (Å²) in [6, 6.07) is 5.96. The van der Waals surface area contributed by atoms with E-state index in [4.69, 9.17) is 0 Å². The molecule has 16 heavy (non-hydrogen) atoms. The first-order valence-electron chi connectivity index (χ1n) is 5.52. The molecule has 1 heterocycles. The summed E-state index contributed by atoms with van der Waals surface area (Å²) in [6.07, 6.45) is 0. The van der Waals surface area contributed by atoms with Gasteiger partial charge < -0.3 is 5.32 Å². The molecular formula is C12H17NO2S. The highest BCUT2D eigenvalue weighted by molar-refractivity contribution is 7.91. The Kier molecular flexibility index (Phi) is 3.04.